The number of aromatic hydroxyl groups is 1. The van der Waals surface area contributed by atoms with Crippen molar-refractivity contribution in [2.24, 2.45) is 0 Å². The first-order chi connectivity index (χ1) is 16.7. The predicted molar refractivity (Wildman–Crippen MR) is 118 cm³/mol. The van der Waals surface area contributed by atoms with E-state index in [1.54, 1.807) is 6.07 Å². The number of alkyl halides is 2. The van der Waals surface area contributed by atoms with E-state index in [-0.39, 0.29) is 34.5 Å². The van der Waals surface area contributed by atoms with Crippen molar-refractivity contribution in [2.75, 3.05) is 32.6 Å². The number of methoxy groups -OCH3 is 1. The fraction of sp³-hybridized carbons (Fsp3) is 0.455. The first-order valence-electron chi connectivity index (χ1n) is 10.7. The molecule has 0 bridgehead atoms. The highest BCUT2D eigenvalue weighted by atomic mass is 19.3. The number of halogens is 2. The summed E-state index contributed by atoms with van der Waals surface area (Å²) in [6, 6.07) is 4.26. The van der Waals surface area contributed by atoms with Crippen molar-refractivity contribution in [3.05, 3.63) is 29.5 Å². The van der Waals surface area contributed by atoms with Crippen LogP contribution in [0.5, 0.6) is 17.2 Å². The van der Waals surface area contributed by atoms with Gasteiger partial charge in [0.15, 0.2) is 18.7 Å². The summed E-state index contributed by atoms with van der Waals surface area (Å²) >= 11 is 0. The monoisotopic (exact) mass is 496 g/mol. The largest absolute Gasteiger partial charge is 0.507 e. The SMILES string of the molecule is COc1cc(O)c(C=O)c(OCC(=O)Nc2cc([C@H]3CC[C@@H](OC(=O)N(C)CC(F)F)C3)[nH]n2)c1. The van der Waals surface area contributed by atoms with E-state index in [1.807, 2.05) is 0 Å². The number of aromatic amines is 1. The summed E-state index contributed by atoms with van der Waals surface area (Å²) in [6.07, 6.45) is -1.69. The van der Waals surface area contributed by atoms with Gasteiger partial charge in [-0.1, -0.05) is 0 Å². The number of hydrogen-bond acceptors (Lipinski definition) is 8. The van der Waals surface area contributed by atoms with Crippen molar-refractivity contribution in [3.8, 4) is 17.2 Å². The van der Waals surface area contributed by atoms with Gasteiger partial charge in [-0.3, -0.25) is 14.7 Å². The molecule has 2 atom stereocenters. The van der Waals surface area contributed by atoms with Gasteiger partial charge in [0.25, 0.3) is 12.3 Å². The minimum atomic E-state index is -2.64. The fourth-order valence-corrected chi connectivity index (χ4v) is 3.72. The number of amides is 2. The Hall–Kier alpha value is -3.90. The van der Waals surface area contributed by atoms with E-state index in [0.717, 1.165) is 10.6 Å². The lowest BCUT2D eigenvalue weighted by Crippen LogP contribution is -2.33. The lowest BCUT2D eigenvalue weighted by Gasteiger charge is -2.19. The smallest absolute Gasteiger partial charge is 0.409 e. The summed E-state index contributed by atoms with van der Waals surface area (Å²) in [6.45, 7) is -1.15. The quantitative estimate of drug-likeness (QED) is 0.426. The van der Waals surface area contributed by atoms with Crippen molar-refractivity contribution >= 4 is 24.1 Å². The molecule has 3 rings (SSSR count). The molecule has 35 heavy (non-hydrogen) atoms. The number of phenolic OH excluding ortho intramolecular Hbond substituents is 1. The number of aldehydes is 1. The van der Waals surface area contributed by atoms with Gasteiger partial charge in [-0.15, -0.1) is 0 Å². The number of anilines is 1. The summed E-state index contributed by atoms with van der Waals surface area (Å²) in [5.41, 5.74) is 0.610. The zero-order valence-corrected chi connectivity index (χ0v) is 19.1. The van der Waals surface area contributed by atoms with Crippen LogP contribution in [-0.2, 0) is 9.53 Å². The Kier molecular flexibility index (Phi) is 8.44. The molecule has 1 aromatic carbocycles. The van der Waals surface area contributed by atoms with Crippen molar-refractivity contribution < 1.29 is 42.5 Å². The molecule has 0 radical (unpaired) electrons. The molecule has 3 N–H and O–H groups in total. The zero-order valence-electron chi connectivity index (χ0n) is 19.1. The minimum Gasteiger partial charge on any atom is -0.507 e. The molecule has 2 aromatic rings. The molecule has 0 aliphatic heterocycles. The van der Waals surface area contributed by atoms with Gasteiger partial charge in [-0.05, 0) is 19.3 Å². The summed E-state index contributed by atoms with van der Waals surface area (Å²) in [5, 5.41) is 19.3. The van der Waals surface area contributed by atoms with Crippen LogP contribution in [0.4, 0.5) is 19.4 Å². The predicted octanol–water partition coefficient (Wildman–Crippen LogP) is 2.92. The number of benzene rings is 1. The highest BCUT2D eigenvalue weighted by Gasteiger charge is 2.31. The van der Waals surface area contributed by atoms with Crippen molar-refractivity contribution in [3.63, 3.8) is 0 Å². The van der Waals surface area contributed by atoms with Crippen LogP contribution in [0.15, 0.2) is 18.2 Å². The van der Waals surface area contributed by atoms with Crippen LogP contribution in [0.2, 0.25) is 0 Å². The highest BCUT2D eigenvalue weighted by Crippen LogP contribution is 2.36. The molecule has 1 fully saturated rings. The lowest BCUT2D eigenvalue weighted by atomic mass is 10.0. The molecule has 1 saturated carbocycles. The Morgan fingerprint density at radius 1 is 1.34 bits per heavy atom. The number of aromatic nitrogens is 2. The second-order valence-corrected chi connectivity index (χ2v) is 8.01. The average Bonchev–Trinajstić information content (AvgIpc) is 3.46. The molecule has 0 saturated heterocycles. The standard InChI is InChI=1S/C22H26F2N4O7/c1-28(9-19(23)24)22(32)35-13-4-3-12(5-13)16-8-20(27-26-16)25-21(31)11-34-18-7-14(33-2)6-17(30)15(18)10-29/h6-8,10,12-13,19,30H,3-5,9,11H2,1-2H3,(H2,25,26,27,31)/t12-,13+/m0/s1. The van der Waals surface area contributed by atoms with Crippen LogP contribution < -0.4 is 14.8 Å². The lowest BCUT2D eigenvalue weighted by molar-refractivity contribution is -0.118. The molecular weight excluding hydrogens is 470 g/mol. The molecule has 1 aliphatic carbocycles. The number of rotatable bonds is 10. The van der Waals surface area contributed by atoms with Crippen LogP contribution in [0.1, 0.15) is 41.2 Å². The summed E-state index contributed by atoms with van der Waals surface area (Å²) in [4.78, 5) is 36.3. The first-order valence-corrected chi connectivity index (χ1v) is 10.7. The van der Waals surface area contributed by atoms with E-state index in [1.165, 1.54) is 26.3 Å². The first kappa shape index (κ1) is 25.7. The summed E-state index contributed by atoms with van der Waals surface area (Å²) < 4.78 is 40.5. The number of carbonyl (C=O) groups is 3. The number of H-pyrrole nitrogens is 1. The average molecular weight is 496 g/mol. The number of phenols is 1. The Labute approximate surface area is 199 Å². The molecular formula is C22H26F2N4O7. The third kappa shape index (κ3) is 6.80. The number of ether oxygens (including phenoxy) is 3. The number of nitrogens with zero attached hydrogens (tertiary/aromatic N) is 2. The van der Waals surface area contributed by atoms with Gasteiger partial charge in [0.1, 0.15) is 23.4 Å². The van der Waals surface area contributed by atoms with E-state index in [0.29, 0.717) is 25.5 Å². The van der Waals surface area contributed by atoms with Gasteiger partial charge >= 0.3 is 6.09 Å². The van der Waals surface area contributed by atoms with Gasteiger partial charge in [-0.2, -0.15) is 5.10 Å². The topological polar surface area (TPSA) is 143 Å². The van der Waals surface area contributed by atoms with Crippen LogP contribution in [0.3, 0.4) is 0 Å². The number of hydrogen-bond donors (Lipinski definition) is 3. The molecule has 0 unspecified atom stereocenters. The van der Waals surface area contributed by atoms with Gasteiger partial charge in [-0.25, -0.2) is 13.6 Å². The summed E-state index contributed by atoms with van der Waals surface area (Å²) in [7, 11) is 2.63. The van der Waals surface area contributed by atoms with E-state index in [2.05, 4.69) is 15.5 Å². The normalized spacial score (nSPS) is 17.2. The third-order valence-electron chi connectivity index (χ3n) is 5.49. The molecule has 190 valence electrons. The van der Waals surface area contributed by atoms with Crippen molar-refractivity contribution in [1.29, 1.82) is 0 Å². The van der Waals surface area contributed by atoms with E-state index < -0.39 is 37.7 Å². The van der Waals surface area contributed by atoms with Crippen molar-refractivity contribution in [2.45, 2.75) is 37.7 Å². The molecule has 13 heteroatoms. The maximum absolute atomic E-state index is 12.4. The van der Waals surface area contributed by atoms with Gasteiger partial charge < -0.3 is 29.5 Å². The molecule has 1 aromatic heterocycles. The number of carbonyl (C=O) groups excluding carboxylic acids is 3. The molecule has 1 aliphatic rings. The molecule has 1 heterocycles. The maximum atomic E-state index is 12.4. The molecule has 0 spiro atoms. The third-order valence-corrected chi connectivity index (χ3v) is 5.49. The molecule has 11 nitrogen and oxygen atoms in total. The van der Waals surface area contributed by atoms with Crippen LogP contribution in [0.25, 0.3) is 0 Å². The Bertz CT molecular complexity index is 1060. The van der Waals surface area contributed by atoms with Crippen LogP contribution in [-0.4, -0.2) is 78.3 Å². The van der Waals surface area contributed by atoms with Gasteiger partial charge in [0.2, 0.25) is 0 Å². The Morgan fingerprint density at radius 3 is 2.80 bits per heavy atom. The molecule has 2 amide bonds. The van der Waals surface area contributed by atoms with Crippen LogP contribution in [0, 0.1) is 0 Å². The van der Waals surface area contributed by atoms with E-state index in [4.69, 9.17) is 14.2 Å². The minimum absolute atomic E-state index is 0.0135. The zero-order chi connectivity index (χ0) is 25.5. The van der Waals surface area contributed by atoms with E-state index in [9.17, 15) is 28.3 Å². The second-order valence-electron chi connectivity index (χ2n) is 8.01. The summed E-state index contributed by atoms with van der Waals surface area (Å²) in [5.74, 6) is -0.426. The maximum Gasteiger partial charge on any atom is 0.409 e. The van der Waals surface area contributed by atoms with Gasteiger partial charge in [0.05, 0.1) is 19.2 Å². The van der Waals surface area contributed by atoms with Gasteiger partial charge in [0, 0.05) is 36.9 Å². The number of nitrogens with one attached hydrogen (secondary N) is 2. The Balaban J connectivity index is 1.51. The fourth-order valence-electron chi connectivity index (χ4n) is 3.72. The van der Waals surface area contributed by atoms with Crippen LogP contribution >= 0.6 is 0 Å². The van der Waals surface area contributed by atoms with Crippen molar-refractivity contribution in [1.82, 2.24) is 15.1 Å². The van der Waals surface area contributed by atoms with E-state index >= 15 is 0 Å². The Morgan fingerprint density at radius 2 is 2.11 bits per heavy atom. The second kappa shape index (κ2) is 11.5. The highest BCUT2D eigenvalue weighted by molar-refractivity contribution is 5.91.